The molecule has 1 saturated carbocycles. The molecule has 6 nitrogen and oxygen atoms in total. The Kier molecular flexibility index (Phi) is 3.97. The number of nitro benzene ring substituents is 1. The van der Waals surface area contributed by atoms with E-state index in [-0.39, 0.29) is 27.7 Å². The van der Waals surface area contributed by atoms with Crippen molar-refractivity contribution in [3.8, 4) is 0 Å². The van der Waals surface area contributed by atoms with Gasteiger partial charge in [0.2, 0.25) is 0 Å². The van der Waals surface area contributed by atoms with Gasteiger partial charge in [-0.3, -0.25) is 10.1 Å². The molecule has 7 heteroatoms. The first-order valence-electron chi connectivity index (χ1n) is 6.84. The average Bonchev–Trinajstić information content (AvgIpc) is 2.67. The van der Waals surface area contributed by atoms with Crippen molar-refractivity contribution in [2.45, 2.75) is 44.0 Å². The van der Waals surface area contributed by atoms with E-state index in [1.807, 2.05) is 0 Å². The van der Waals surface area contributed by atoms with Crippen LogP contribution in [0.5, 0.6) is 0 Å². The third kappa shape index (κ3) is 3.53. The van der Waals surface area contributed by atoms with E-state index >= 15 is 0 Å². The number of para-hydroxylation sites is 1. The van der Waals surface area contributed by atoms with Crippen LogP contribution in [0.1, 0.15) is 33.1 Å². The summed E-state index contributed by atoms with van der Waals surface area (Å²) in [7, 11) is -3.64. The monoisotopic (exact) mass is 312 g/mol. The number of nitrogens with zero attached hydrogens (tertiary/aromatic N) is 1. The summed E-state index contributed by atoms with van der Waals surface area (Å²) in [4.78, 5) is 10.4. The van der Waals surface area contributed by atoms with E-state index in [9.17, 15) is 18.5 Å². The number of nitro groups is 1. The van der Waals surface area contributed by atoms with E-state index in [1.54, 1.807) is 6.07 Å². The molecule has 0 amide bonds. The molecule has 1 aromatic rings. The molecule has 1 atom stereocenters. The zero-order chi connectivity index (χ0) is 15.8. The van der Waals surface area contributed by atoms with Gasteiger partial charge in [0, 0.05) is 12.3 Å². The molecule has 1 aromatic carbocycles. The fraction of sp³-hybridized carbons (Fsp3) is 0.571. The summed E-state index contributed by atoms with van der Waals surface area (Å²) in [5.74, 6) is 0. The summed E-state index contributed by atoms with van der Waals surface area (Å²) < 4.78 is 23.4. The second-order valence-corrected chi connectivity index (χ2v) is 8.41. The molecule has 1 fully saturated rings. The van der Waals surface area contributed by atoms with E-state index in [1.165, 1.54) is 12.1 Å². The van der Waals surface area contributed by atoms with Gasteiger partial charge in [-0.05, 0) is 36.8 Å². The smallest absolute Gasteiger partial charge is 0.310 e. The number of anilines is 1. The Balaban J connectivity index is 2.39. The molecule has 0 spiro atoms. The van der Waals surface area contributed by atoms with Gasteiger partial charge in [-0.15, -0.1) is 0 Å². The van der Waals surface area contributed by atoms with Crippen molar-refractivity contribution in [3.05, 3.63) is 28.3 Å². The molecule has 21 heavy (non-hydrogen) atoms. The Morgan fingerprint density at radius 3 is 2.52 bits per heavy atom. The van der Waals surface area contributed by atoms with Crippen LogP contribution in [-0.4, -0.2) is 25.6 Å². The van der Waals surface area contributed by atoms with Gasteiger partial charge >= 0.3 is 5.69 Å². The molecular formula is C14H20N2O4S. The highest BCUT2D eigenvalue weighted by Gasteiger charge is 2.33. The standard InChI is InChI=1S/C14H20N2O4S/c1-14(2)8-7-10(9-14)15-11-5-4-6-12(21(3,19)20)13(11)16(17)18/h4-6,10,15H,7-9H2,1-3H3. The fourth-order valence-corrected chi connectivity index (χ4v) is 3.77. The minimum absolute atomic E-state index is 0.133. The average molecular weight is 312 g/mol. The van der Waals surface area contributed by atoms with Crippen LogP contribution in [0.2, 0.25) is 0 Å². The van der Waals surface area contributed by atoms with Crippen LogP contribution in [0.4, 0.5) is 11.4 Å². The van der Waals surface area contributed by atoms with E-state index in [4.69, 9.17) is 0 Å². The predicted molar refractivity (Wildman–Crippen MR) is 81.2 cm³/mol. The highest BCUT2D eigenvalue weighted by Crippen LogP contribution is 2.40. The highest BCUT2D eigenvalue weighted by molar-refractivity contribution is 7.90. The van der Waals surface area contributed by atoms with E-state index in [2.05, 4.69) is 19.2 Å². The van der Waals surface area contributed by atoms with Gasteiger partial charge in [0.05, 0.1) is 4.92 Å². The summed E-state index contributed by atoms with van der Waals surface area (Å²) in [6, 6.07) is 4.51. The lowest BCUT2D eigenvalue weighted by Gasteiger charge is -2.19. The Hall–Kier alpha value is -1.63. The van der Waals surface area contributed by atoms with Crippen molar-refractivity contribution < 1.29 is 13.3 Å². The second kappa shape index (κ2) is 5.29. The van der Waals surface area contributed by atoms with Crippen molar-refractivity contribution in [2.75, 3.05) is 11.6 Å². The quantitative estimate of drug-likeness (QED) is 0.682. The number of hydrogen-bond donors (Lipinski definition) is 1. The first kappa shape index (κ1) is 15.8. The SMILES string of the molecule is CC1(C)CCC(Nc2cccc(S(C)(=O)=O)c2[N+](=O)[O-])C1. The first-order valence-corrected chi connectivity index (χ1v) is 8.73. The highest BCUT2D eigenvalue weighted by atomic mass is 32.2. The molecule has 0 heterocycles. The molecule has 0 aromatic heterocycles. The van der Waals surface area contributed by atoms with Gasteiger partial charge in [0.1, 0.15) is 10.6 Å². The van der Waals surface area contributed by atoms with Crippen molar-refractivity contribution in [2.24, 2.45) is 5.41 Å². The summed E-state index contributed by atoms with van der Waals surface area (Å²) in [5, 5.41) is 14.4. The van der Waals surface area contributed by atoms with Gasteiger partial charge < -0.3 is 5.32 Å². The fourth-order valence-electron chi connectivity index (χ4n) is 2.91. The van der Waals surface area contributed by atoms with Gasteiger partial charge in [-0.2, -0.15) is 0 Å². The number of nitrogens with one attached hydrogen (secondary N) is 1. The Labute approximate surface area is 124 Å². The topological polar surface area (TPSA) is 89.3 Å². The third-order valence-corrected chi connectivity index (χ3v) is 5.04. The van der Waals surface area contributed by atoms with E-state index in [0.29, 0.717) is 0 Å². The van der Waals surface area contributed by atoms with Crippen LogP contribution in [0.3, 0.4) is 0 Å². The second-order valence-electron chi connectivity index (χ2n) is 6.43. The van der Waals surface area contributed by atoms with Gasteiger partial charge in [-0.25, -0.2) is 8.42 Å². The number of rotatable bonds is 4. The molecule has 1 unspecified atom stereocenters. The molecule has 2 rings (SSSR count). The molecule has 1 aliphatic rings. The van der Waals surface area contributed by atoms with Crippen molar-refractivity contribution in [1.82, 2.24) is 0 Å². The normalized spacial score (nSPS) is 21.2. The zero-order valence-corrected chi connectivity index (χ0v) is 13.2. The third-order valence-electron chi connectivity index (χ3n) is 3.91. The lowest BCUT2D eigenvalue weighted by Crippen LogP contribution is -2.19. The van der Waals surface area contributed by atoms with Gasteiger partial charge in [0.25, 0.3) is 0 Å². The first-order chi connectivity index (χ1) is 9.60. The maximum atomic E-state index is 11.7. The largest absolute Gasteiger partial charge is 0.377 e. The maximum absolute atomic E-state index is 11.7. The number of sulfone groups is 1. The molecular weight excluding hydrogens is 292 g/mol. The van der Waals surface area contributed by atoms with Crippen LogP contribution in [0, 0.1) is 15.5 Å². The van der Waals surface area contributed by atoms with Crippen LogP contribution >= 0.6 is 0 Å². The molecule has 0 radical (unpaired) electrons. The van der Waals surface area contributed by atoms with E-state index < -0.39 is 14.8 Å². The summed E-state index contributed by atoms with van der Waals surface area (Å²) in [5.41, 5.74) is 0.135. The van der Waals surface area contributed by atoms with Gasteiger partial charge in [0.15, 0.2) is 9.84 Å². The van der Waals surface area contributed by atoms with Crippen LogP contribution < -0.4 is 5.32 Å². The molecule has 116 valence electrons. The molecule has 0 aliphatic heterocycles. The van der Waals surface area contributed by atoms with Crippen molar-refractivity contribution in [3.63, 3.8) is 0 Å². The minimum Gasteiger partial charge on any atom is -0.377 e. The van der Waals surface area contributed by atoms with E-state index in [0.717, 1.165) is 25.5 Å². The number of benzene rings is 1. The Morgan fingerprint density at radius 1 is 1.38 bits per heavy atom. The maximum Gasteiger partial charge on any atom is 0.310 e. The molecule has 1 aliphatic carbocycles. The Bertz CT molecular complexity index is 668. The summed E-state index contributed by atoms with van der Waals surface area (Å²) in [6.07, 6.45) is 3.86. The van der Waals surface area contributed by atoms with Crippen LogP contribution in [-0.2, 0) is 9.84 Å². The summed E-state index contributed by atoms with van der Waals surface area (Å²) in [6.45, 7) is 4.33. The minimum atomic E-state index is -3.64. The summed E-state index contributed by atoms with van der Waals surface area (Å²) >= 11 is 0. The van der Waals surface area contributed by atoms with Crippen LogP contribution in [0.25, 0.3) is 0 Å². The van der Waals surface area contributed by atoms with Crippen molar-refractivity contribution >= 4 is 21.2 Å². The molecule has 0 bridgehead atoms. The lowest BCUT2D eigenvalue weighted by atomic mass is 9.92. The molecule has 0 saturated heterocycles. The molecule has 1 N–H and O–H groups in total. The van der Waals surface area contributed by atoms with Gasteiger partial charge in [-0.1, -0.05) is 19.9 Å². The number of hydrogen-bond acceptors (Lipinski definition) is 5. The predicted octanol–water partition coefficient (Wildman–Crippen LogP) is 2.99. The lowest BCUT2D eigenvalue weighted by molar-refractivity contribution is -0.386. The van der Waals surface area contributed by atoms with Crippen molar-refractivity contribution in [1.29, 1.82) is 0 Å². The Morgan fingerprint density at radius 2 is 2.05 bits per heavy atom. The van der Waals surface area contributed by atoms with Crippen LogP contribution in [0.15, 0.2) is 23.1 Å². The zero-order valence-electron chi connectivity index (χ0n) is 12.4.